The summed E-state index contributed by atoms with van der Waals surface area (Å²) < 4.78 is 45.5. The minimum Gasteiger partial charge on any atom is -0.377 e. The summed E-state index contributed by atoms with van der Waals surface area (Å²) in [5.74, 6) is 0. The van der Waals surface area contributed by atoms with Gasteiger partial charge < -0.3 is 10.5 Å². The molecule has 2 heterocycles. The van der Waals surface area contributed by atoms with E-state index in [0.717, 1.165) is 30.8 Å². The van der Waals surface area contributed by atoms with Gasteiger partial charge in [0.15, 0.2) is 5.13 Å². The van der Waals surface area contributed by atoms with Gasteiger partial charge in [-0.1, -0.05) is 12.1 Å². The monoisotopic (exact) mass is 399 g/mol. The number of hydrogen-bond donors (Lipinski definition) is 1. The number of ether oxygens (including phenoxy) is 1. The molecule has 0 spiro atoms. The molecule has 1 atom stereocenters. The maximum Gasteiger partial charge on any atom is 0.416 e. The van der Waals surface area contributed by atoms with Crippen molar-refractivity contribution in [2.45, 2.75) is 45.0 Å². The van der Waals surface area contributed by atoms with E-state index in [-0.39, 0.29) is 11.2 Å². The van der Waals surface area contributed by atoms with Gasteiger partial charge in [0, 0.05) is 30.6 Å². The highest BCUT2D eigenvalue weighted by molar-refractivity contribution is 7.15. The van der Waals surface area contributed by atoms with E-state index in [4.69, 9.17) is 10.5 Å². The number of halogens is 3. The molecule has 27 heavy (non-hydrogen) atoms. The molecule has 2 aromatic rings. The van der Waals surface area contributed by atoms with Crippen LogP contribution in [-0.4, -0.2) is 35.7 Å². The van der Waals surface area contributed by atoms with E-state index in [1.165, 1.54) is 30.4 Å². The van der Waals surface area contributed by atoms with Crippen LogP contribution in [0.2, 0.25) is 0 Å². The molecule has 0 aliphatic carbocycles. The first-order valence-corrected chi connectivity index (χ1v) is 9.64. The van der Waals surface area contributed by atoms with Gasteiger partial charge >= 0.3 is 6.18 Å². The molecular formula is C19H24F3N3OS. The molecule has 1 aliphatic rings. The molecule has 8 heteroatoms. The molecule has 1 unspecified atom stereocenters. The number of anilines is 1. The van der Waals surface area contributed by atoms with Gasteiger partial charge in [-0.15, -0.1) is 11.3 Å². The molecule has 1 aromatic carbocycles. The summed E-state index contributed by atoms with van der Waals surface area (Å²) in [7, 11) is 1.71. The Kier molecular flexibility index (Phi) is 5.52. The lowest BCUT2D eigenvalue weighted by molar-refractivity contribution is -0.138. The molecule has 1 saturated heterocycles. The van der Waals surface area contributed by atoms with E-state index in [0.29, 0.717) is 22.9 Å². The second-order valence-corrected chi connectivity index (χ2v) is 8.43. The van der Waals surface area contributed by atoms with Crippen molar-refractivity contribution in [1.29, 1.82) is 0 Å². The van der Waals surface area contributed by atoms with Crippen molar-refractivity contribution in [2.75, 3.05) is 25.9 Å². The second-order valence-electron chi connectivity index (χ2n) is 7.32. The van der Waals surface area contributed by atoms with E-state index in [9.17, 15) is 13.2 Å². The molecule has 0 bridgehead atoms. The van der Waals surface area contributed by atoms with Crippen molar-refractivity contribution in [3.8, 4) is 11.3 Å². The third-order valence-corrected chi connectivity index (χ3v) is 6.00. The van der Waals surface area contributed by atoms with Gasteiger partial charge in [-0.25, -0.2) is 4.98 Å². The fourth-order valence-corrected chi connectivity index (χ4v) is 4.49. The van der Waals surface area contributed by atoms with Gasteiger partial charge in [-0.05, 0) is 44.9 Å². The molecule has 1 aliphatic heterocycles. The summed E-state index contributed by atoms with van der Waals surface area (Å²) >= 11 is 1.33. The fourth-order valence-electron chi connectivity index (χ4n) is 3.59. The smallest absolute Gasteiger partial charge is 0.377 e. The van der Waals surface area contributed by atoms with Gasteiger partial charge in [0.05, 0.1) is 16.9 Å². The largest absolute Gasteiger partial charge is 0.416 e. The number of aryl methyl sites for hydroxylation is 1. The van der Waals surface area contributed by atoms with Crippen LogP contribution in [0.15, 0.2) is 18.2 Å². The van der Waals surface area contributed by atoms with Gasteiger partial charge in [-0.3, -0.25) is 4.90 Å². The quantitative estimate of drug-likeness (QED) is 0.808. The van der Waals surface area contributed by atoms with E-state index in [1.807, 2.05) is 0 Å². The first-order valence-electron chi connectivity index (χ1n) is 8.82. The number of likely N-dealkylation sites (tertiary alicyclic amines) is 1. The van der Waals surface area contributed by atoms with Crippen molar-refractivity contribution < 1.29 is 17.9 Å². The van der Waals surface area contributed by atoms with E-state index in [1.54, 1.807) is 13.2 Å². The van der Waals surface area contributed by atoms with Crippen LogP contribution in [0.1, 0.15) is 35.8 Å². The molecule has 148 valence electrons. The number of alkyl halides is 3. The van der Waals surface area contributed by atoms with Crippen LogP contribution in [0.4, 0.5) is 18.3 Å². The van der Waals surface area contributed by atoms with Crippen LogP contribution in [0.25, 0.3) is 11.3 Å². The van der Waals surface area contributed by atoms with Gasteiger partial charge in [0.1, 0.15) is 0 Å². The molecular weight excluding hydrogens is 375 g/mol. The average Bonchev–Trinajstić information content (AvgIpc) is 2.94. The lowest BCUT2D eigenvalue weighted by Gasteiger charge is -2.39. The lowest BCUT2D eigenvalue weighted by Crippen LogP contribution is -2.46. The van der Waals surface area contributed by atoms with Gasteiger partial charge in [-0.2, -0.15) is 13.2 Å². The Bertz CT molecular complexity index is 821. The Balaban J connectivity index is 1.91. The molecule has 2 N–H and O–H groups in total. The number of nitrogens with zero attached hydrogens (tertiary/aromatic N) is 2. The van der Waals surface area contributed by atoms with Crippen LogP contribution in [0.3, 0.4) is 0 Å². The Labute approximate surface area is 161 Å². The predicted octanol–water partition coefficient (Wildman–Crippen LogP) is 4.72. The van der Waals surface area contributed by atoms with E-state index in [2.05, 4.69) is 16.8 Å². The molecule has 0 amide bonds. The van der Waals surface area contributed by atoms with Crippen molar-refractivity contribution in [3.05, 3.63) is 34.2 Å². The maximum atomic E-state index is 13.3. The van der Waals surface area contributed by atoms with Crippen LogP contribution in [-0.2, 0) is 17.5 Å². The highest BCUT2D eigenvalue weighted by Crippen LogP contribution is 2.37. The Morgan fingerprint density at radius 3 is 2.78 bits per heavy atom. The Morgan fingerprint density at radius 1 is 1.37 bits per heavy atom. The zero-order valence-electron chi connectivity index (χ0n) is 15.7. The third-order valence-electron chi connectivity index (χ3n) is 5.13. The Morgan fingerprint density at radius 2 is 2.11 bits per heavy atom. The number of thiazole rings is 1. The summed E-state index contributed by atoms with van der Waals surface area (Å²) in [5.41, 5.74) is 6.23. The number of benzene rings is 1. The zero-order chi connectivity index (χ0) is 19.8. The standard InChI is InChI=1S/C19H24F3N3OS/c1-12-5-6-13(9-14(12)19(20,21)22)16-15(27-17(23)24-16)10-25-8-4-7-18(2,11-25)26-3/h5-6,9H,4,7-8,10-11H2,1-3H3,(H2,23,24). The third kappa shape index (κ3) is 4.44. The summed E-state index contributed by atoms with van der Waals surface area (Å²) in [6.45, 7) is 5.82. The molecule has 3 rings (SSSR count). The number of aromatic nitrogens is 1. The molecule has 0 saturated carbocycles. The number of nitrogens with two attached hydrogens (primary N) is 1. The Hall–Kier alpha value is -1.64. The first-order chi connectivity index (χ1) is 12.6. The van der Waals surface area contributed by atoms with E-state index >= 15 is 0 Å². The van der Waals surface area contributed by atoms with Crippen molar-refractivity contribution in [1.82, 2.24) is 9.88 Å². The van der Waals surface area contributed by atoms with Crippen molar-refractivity contribution in [2.24, 2.45) is 0 Å². The first kappa shape index (κ1) is 20.1. The fraction of sp³-hybridized carbons (Fsp3) is 0.526. The highest BCUT2D eigenvalue weighted by Gasteiger charge is 2.34. The summed E-state index contributed by atoms with van der Waals surface area (Å²) in [5, 5.41) is 0.362. The number of methoxy groups -OCH3 is 1. The highest BCUT2D eigenvalue weighted by atomic mass is 32.1. The average molecular weight is 399 g/mol. The molecule has 1 fully saturated rings. The minimum atomic E-state index is -4.39. The van der Waals surface area contributed by atoms with Gasteiger partial charge in [0.25, 0.3) is 0 Å². The predicted molar refractivity (Wildman–Crippen MR) is 102 cm³/mol. The lowest BCUT2D eigenvalue weighted by atomic mass is 9.94. The second kappa shape index (κ2) is 7.41. The molecule has 0 radical (unpaired) electrons. The summed E-state index contributed by atoms with van der Waals surface area (Å²) in [4.78, 5) is 7.46. The summed E-state index contributed by atoms with van der Waals surface area (Å²) in [6.07, 6.45) is -2.39. The van der Waals surface area contributed by atoms with Crippen LogP contribution < -0.4 is 5.73 Å². The summed E-state index contributed by atoms with van der Waals surface area (Å²) in [6, 6.07) is 4.33. The van der Waals surface area contributed by atoms with Crippen molar-refractivity contribution in [3.63, 3.8) is 0 Å². The number of piperidine rings is 1. The van der Waals surface area contributed by atoms with Crippen LogP contribution >= 0.6 is 11.3 Å². The van der Waals surface area contributed by atoms with Gasteiger partial charge in [0.2, 0.25) is 0 Å². The van der Waals surface area contributed by atoms with Crippen LogP contribution in [0.5, 0.6) is 0 Å². The van der Waals surface area contributed by atoms with Crippen LogP contribution in [0, 0.1) is 6.92 Å². The maximum absolute atomic E-state index is 13.3. The molecule has 1 aromatic heterocycles. The molecule has 4 nitrogen and oxygen atoms in total. The van der Waals surface area contributed by atoms with Crippen molar-refractivity contribution >= 4 is 16.5 Å². The zero-order valence-corrected chi connectivity index (χ0v) is 16.5. The SMILES string of the molecule is COC1(C)CCCN(Cc2sc(N)nc2-c2ccc(C)c(C(F)(F)F)c2)C1. The number of nitrogen functional groups attached to an aromatic ring is 1. The number of hydrogen-bond acceptors (Lipinski definition) is 5. The number of rotatable bonds is 4. The minimum absolute atomic E-state index is 0.197. The normalized spacial score (nSPS) is 21.6. The topological polar surface area (TPSA) is 51.4 Å². The van der Waals surface area contributed by atoms with E-state index < -0.39 is 11.7 Å².